The number of fused-ring (bicyclic) bond motifs is 1. The Balaban J connectivity index is 1.53. The summed E-state index contributed by atoms with van der Waals surface area (Å²) in [6.07, 6.45) is 1.86. The van der Waals surface area contributed by atoms with Gasteiger partial charge in [0.1, 0.15) is 60.1 Å². The van der Waals surface area contributed by atoms with Gasteiger partial charge in [0, 0.05) is 49.5 Å². The Labute approximate surface area is 529 Å². The number of carboxylic acids is 2. The number of likely N-dealkylation sites (tertiary alicyclic amines) is 1. The number of carbonyl (C=O) groups is 11. The SMILES string of the molecule is CC[C@H](C)[C@H](NC(=O)[C@H](CO)NC(=O)[C@@H](N)CCCN=C(N)N)C(=O)N[C@H](C(=O)N[C@@H](CC(C)C)C(=O)N[C@@H](CCC(=O)O)C(=O)N1CCC[C@H]1C(=O)N[C@H](C(=O)N[C@@H](Cc1ccc(O)cc1)C(=O)N[C@@H](Cc1c[nH]c2ccccc12)C(=O)O)[C@@H](C)CC)C(C)C. The van der Waals surface area contributed by atoms with Crippen LogP contribution in [-0.4, -0.2) is 181 Å². The van der Waals surface area contributed by atoms with Crippen LogP contribution in [0.5, 0.6) is 5.75 Å². The molecular weight excluding hydrogens is 1180 g/mol. The van der Waals surface area contributed by atoms with Crippen LogP contribution in [0.3, 0.4) is 0 Å². The number of phenolic OH excluding ortho intramolecular Hbond substituents is 1. The molecule has 4 rings (SSSR count). The van der Waals surface area contributed by atoms with Gasteiger partial charge in [0.05, 0.1) is 12.6 Å². The number of aromatic amines is 1. The van der Waals surface area contributed by atoms with Crippen LogP contribution in [0.25, 0.3) is 10.9 Å². The van der Waals surface area contributed by atoms with E-state index in [2.05, 4.69) is 52.5 Å². The number of nitrogens with two attached hydrogens (primary N) is 3. The number of hydrogen-bond donors (Lipinski definition) is 16. The summed E-state index contributed by atoms with van der Waals surface area (Å²) in [7, 11) is 0. The Kier molecular flexibility index (Phi) is 29.6. The number of rotatable bonds is 37. The summed E-state index contributed by atoms with van der Waals surface area (Å²) in [6.45, 7) is 13.0. The number of aliphatic hydroxyl groups is 1. The lowest BCUT2D eigenvalue weighted by Gasteiger charge is -2.32. The molecule has 2 aromatic carbocycles. The molecule has 0 radical (unpaired) electrons. The minimum atomic E-state index is -1.55. The summed E-state index contributed by atoms with van der Waals surface area (Å²) in [5.41, 5.74) is 18.5. The molecule has 1 aliphatic rings. The molecule has 0 aliphatic carbocycles. The molecule has 1 aromatic heterocycles. The molecule has 29 nitrogen and oxygen atoms in total. The van der Waals surface area contributed by atoms with Crippen LogP contribution in [0.1, 0.15) is 124 Å². The van der Waals surface area contributed by atoms with Gasteiger partial charge in [-0.15, -0.1) is 0 Å². The number of nitrogens with zero attached hydrogens (tertiary/aromatic N) is 2. The number of aliphatic hydroxyl groups excluding tert-OH is 1. The predicted octanol–water partition coefficient (Wildman–Crippen LogP) is -0.355. The standard InChI is InChI=1S/C62H94N14O15/c1-9-34(7)50(58(87)70-44(28-36-19-21-38(78)22-20-36)54(83)71-45(61(90)91)29-37-30-67-41-17-12-11-15-39(37)41)75-56(85)47-18-14-26-76(47)60(89)42(23-24-48(79)80)68-53(82)43(27-32(3)4)69-57(86)49(33(5)6)73-59(88)51(35(8)10-2)74-55(84)46(31-77)72-52(81)40(63)16-13-25-66-62(64)65/h11-12,15,17,19-22,30,32-35,40,42-47,49-51,67,77-78H,9-10,13-14,16,18,23-29,31,63H2,1-8H3,(H,68,82)(H,69,86)(H,70,87)(H,71,83)(H,72,81)(H,73,88)(H,74,84)(H,75,85)(H,79,80)(H,90,91)(H4,64,65,66)/t34-,35-,40-,42-,43-,44-,45-,46-,47-,49-,50-,51-/m0/s1. The number of benzene rings is 2. The minimum absolute atomic E-state index is 0.00760. The number of phenols is 1. The lowest BCUT2D eigenvalue weighted by atomic mass is 9.95. The monoisotopic (exact) mass is 1270 g/mol. The Morgan fingerprint density at radius 2 is 1.20 bits per heavy atom. The zero-order valence-corrected chi connectivity index (χ0v) is 53.1. The third kappa shape index (κ3) is 22.8. The van der Waals surface area contributed by atoms with E-state index in [4.69, 9.17) is 17.2 Å². The van der Waals surface area contributed by atoms with E-state index in [9.17, 15) is 73.2 Å². The number of hydrogen-bond acceptors (Lipinski definition) is 15. The number of para-hydroxylation sites is 1. The van der Waals surface area contributed by atoms with Crippen LogP contribution in [0, 0.1) is 23.7 Å². The van der Waals surface area contributed by atoms with E-state index >= 15 is 0 Å². The molecule has 3 aromatic rings. The van der Waals surface area contributed by atoms with Crippen molar-refractivity contribution in [2.24, 2.45) is 45.9 Å². The van der Waals surface area contributed by atoms with E-state index < -0.39 is 163 Å². The maximum atomic E-state index is 14.7. The summed E-state index contributed by atoms with van der Waals surface area (Å²) >= 11 is 0. The zero-order chi connectivity index (χ0) is 67.8. The molecule has 19 N–H and O–H groups in total. The number of carboxylic acid groups (broad SMARTS) is 2. The van der Waals surface area contributed by atoms with Gasteiger partial charge in [-0.1, -0.05) is 98.6 Å². The fraction of sp³-hybridized carbons (Fsp3) is 0.581. The van der Waals surface area contributed by atoms with Crippen LogP contribution < -0.4 is 59.7 Å². The summed E-state index contributed by atoms with van der Waals surface area (Å²) < 4.78 is 0. The second-order valence-corrected chi connectivity index (χ2v) is 24.0. The van der Waals surface area contributed by atoms with Gasteiger partial charge >= 0.3 is 11.9 Å². The Hall–Kier alpha value is -8.86. The topological polar surface area (TPSA) is 474 Å². The van der Waals surface area contributed by atoms with Crippen LogP contribution >= 0.6 is 0 Å². The van der Waals surface area contributed by atoms with Crippen LogP contribution in [0.4, 0.5) is 0 Å². The van der Waals surface area contributed by atoms with Gasteiger partial charge in [0.25, 0.3) is 0 Å². The third-order valence-electron chi connectivity index (χ3n) is 16.1. The van der Waals surface area contributed by atoms with Crippen LogP contribution in [0.15, 0.2) is 59.7 Å². The van der Waals surface area contributed by atoms with Crippen molar-refractivity contribution in [2.75, 3.05) is 19.7 Å². The minimum Gasteiger partial charge on any atom is -0.508 e. The Morgan fingerprint density at radius 1 is 0.648 bits per heavy atom. The molecule has 1 aliphatic heterocycles. The maximum absolute atomic E-state index is 14.7. The first kappa shape index (κ1) is 74.6. The molecular formula is C62H94N14O15. The Morgan fingerprint density at radius 3 is 1.79 bits per heavy atom. The zero-order valence-electron chi connectivity index (χ0n) is 53.1. The summed E-state index contributed by atoms with van der Waals surface area (Å²) in [6, 6.07) is -0.510. The van der Waals surface area contributed by atoms with Crippen molar-refractivity contribution in [1.29, 1.82) is 0 Å². The van der Waals surface area contributed by atoms with Crippen molar-refractivity contribution in [3.63, 3.8) is 0 Å². The third-order valence-corrected chi connectivity index (χ3v) is 16.1. The van der Waals surface area contributed by atoms with Crippen LogP contribution in [0.2, 0.25) is 0 Å². The smallest absolute Gasteiger partial charge is 0.326 e. The normalized spacial score (nSPS) is 16.7. The largest absolute Gasteiger partial charge is 0.508 e. The van der Waals surface area contributed by atoms with Gasteiger partial charge < -0.3 is 90.0 Å². The van der Waals surface area contributed by atoms with E-state index in [0.29, 0.717) is 30.4 Å². The second-order valence-electron chi connectivity index (χ2n) is 24.0. The summed E-state index contributed by atoms with van der Waals surface area (Å²) in [5, 5.41) is 62.0. The van der Waals surface area contributed by atoms with E-state index in [1.165, 1.54) is 29.2 Å². The van der Waals surface area contributed by atoms with Gasteiger partial charge in [-0.3, -0.25) is 52.9 Å². The van der Waals surface area contributed by atoms with Crippen molar-refractivity contribution in [1.82, 2.24) is 52.4 Å². The van der Waals surface area contributed by atoms with Gasteiger partial charge in [-0.25, -0.2) is 4.79 Å². The molecule has 0 spiro atoms. The van der Waals surface area contributed by atoms with Crippen molar-refractivity contribution in [3.8, 4) is 5.75 Å². The number of aromatic hydroxyl groups is 1. The molecule has 12 atom stereocenters. The fourth-order valence-electron chi connectivity index (χ4n) is 10.4. The van der Waals surface area contributed by atoms with Crippen molar-refractivity contribution >= 4 is 82.0 Å². The van der Waals surface area contributed by atoms with E-state index in [1.807, 2.05) is 18.2 Å². The second kappa shape index (κ2) is 36.1. The van der Waals surface area contributed by atoms with E-state index in [1.54, 1.807) is 67.7 Å². The highest BCUT2D eigenvalue weighted by molar-refractivity contribution is 5.99. The van der Waals surface area contributed by atoms with E-state index in [0.717, 1.165) is 10.9 Å². The highest BCUT2D eigenvalue weighted by Gasteiger charge is 2.42. The number of aliphatic carboxylic acids is 2. The molecule has 1 fully saturated rings. The van der Waals surface area contributed by atoms with Crippen molar-refractivity contribution in [2.45, 2.75) is 186 Å². The lowest BCUT2D eigenvalue weighted by molar-refractivity contribution is -0.144. The van der Waals surface area contributed by atoms with Crippen molar-refractivity contribution in [3.05, 3.63) is 65.9 Å². The predicted molar refractivity (Wildman–Crippen MR) is 337 cm³/mol. The molecule has 0 unspecified atom stereocenters. The number of guanidine groups is 1. The average molecular weight is 1280 g/mol. The lowest BCUT2D eigenvalue weighted by Crippen LogP contribution is -2.62. The quantitative estimate of drug-likeness (QED) is 0.0199. The van der Waals surface area contributed by atoms with Gasteiger partial charge in [-0.2, -0.15) is 0 Å². The number of H-pyrrole nitrogens is 1. The number of amides is 9. The summed E-state index contributed by atoms with van der Waals surface area (Å²) in [4.78, 5) is 160. The molecule has 2 heterocycles. The molecule has 502 valence electrons. The maximum Gasteiger partial charge on any atom is 0.326 e. The van der Waals surface area contributed by atoms with Gasteiger partial charge in [0.2, 0.25) is 53.2 Å². The first-order valence-corrected chi connectivity index (χ1v) is 30.9. The number of aliphatic imine (C=N–C) groups is 1. The number of nitrogens with one attached hydrogen (secondary N) is 9. The number of aromatic nitrogens is 1. The van der Waals surface area contributed by atoms with Crippen molar-refractivity contribution < 1.29 is 73.2 Å². The number of carbonyl (C=O) groups excluding carboxylic acids is 9. The summed E-state index contributed by atoms with van der Waals surface area (Å²) in [5.74, 6) is -12.3. The first-order valence-electron chi connectivity index (χ1n) is 30.9. The van der Waals surface area contributed by atoms with E-state index in [-0.39, 0.29) is 69.2 Å². The molecule has 9 amide bonds. The van der Waals surface area contributed by atoms with Gasteiger partial charge in [-0.05, 0) is 91.5 Å². The highest BCUT2D eigenvalue weighted by atomic mass is 16.4. The molecule has 29 heteroatoms. The molecule has 91 heavy (non-hydrogen) atoms. The van der Waals surface area contributed by atoms with Crippen LogP contribution in [-0.2, 0) is 65.6 Å². The first-order chi connectivity index (χ1) is 43.0. The average Bonchev–Trinajstić information content (AvgIpc) is 2.11. The molecule has 1 saturated heterocycles. The molecule has 0 bridgehead atoms. The van der Waals surface area contributed by atoms with Gasteiger partial charge in [0.15, 0.2) is 5.96 Å². The fourth-order valence-corrected chi connectivity index (χ4v) is 10.4. The highest BCUT2D eigenvalue weighted by Crippen LogP contribution is 2.23. The Bertz CT molecular complexity index is 3020. The molecule has 0 saturated carbocycles.